The monoisotopic (exact) mass is 270 g/mol. The van der Waals surface area contributed by atoms with Gasteiger partial charge in [-0.2, -0.15) is 5.10 Å². The molecule has 5 nitrogen and oxygen atoms in total. The van der Waals surface area contributed by atoms with Gasteiger partial charge in [0.1, 0.15) is 0 Å². The summed E-state index contributed by atoms with van der Waals surface area (Å²) >= 11 is 0. The van der Waals surface area contributed by atoms with Gasteiger partial charge in [-0.25, -0.2) is 14.6 Å². The Morgan fingerprint density at radius 1 is 1.15 bits per heavy atom. The van der Waals surface area contributed by atoms with Crippen molar-refractivity contribution in [2.75, 3.05) is 0 Å². The van der Waals surface area contributed by atoms with Crippen LogP contribution in [-0.2, 0) is 6.42 Å². The smallest absolute Gasteiger partial charge is 0.251 e. The van der Waals surface area contributed by atoms with E-state index in [0.29, 0.717) is 18.3 Å². The van der Waals surface area contributed by atoms with E-state index >= 15 is 0 Å². The van der Waals surface area contributed by atoms with Crippen LogP contribution in [0.3, 0.4) is 0 Å². The van der Waals surface area contributed by atoms with Gasteiger partial charge in [-0.1, -0.05) is 6.92 Å². The Bertz CT molecular complexity index is 682. The molecule has 1 atom stereocenters. The number of nitrogens with zero attached hydrogens (tertiary/aromatic N) is 4. The summed E-state index contributed by atoms with van der Waals surface area (Å²) in [6.07, 6.45) is 1.45. The maximum Gasteiger partial charge on any atom is 0.251 e. The number of hydrogen-bond donors (Lipinski definition) is 0. The highest BCUT2D eigenvalue weighted by molar-refractivity contribution is 5.99. The number of Topliss-reactive ketones (excluding diaryl/α,β-unsaturated/α-hetero) is 1. The summed E-state index contributed by atoms with van der Waals surface area (Å²) in [7, 11) is 0. The van der Waals surface area contributed by atoms with Gasteiger partial charge >= 0.3 is 0 Å². The zero-order valence-corrected chi connectivity index (χ0v) is 12.3. The maximum atomic E-state index is 12.2. The van der Waals surface area contributed by atoms with Crippen molar-refractivity contribution < 1.29 is 4.79 Å². The molecular weight excluding hydrogens is 252 g/mol. The Kier molecular flexibility index (Phi) is 2.92. The maximum absolute atomic E-state index is 12.2. The van der Waals surface area contributed by atoms with Crippen LogP contribution in [-0.4, -0.2) is 25.5 Å². The van der Waals surface area contributed by atoms with Gasteiger partial charge in [-0.05, 0) is 39.2 Å². The predicted octanol–water partition coefficient (Wildman–Crippen LogP) is 2.35. The normalized spacial score (nSPS) is 18.2. The molecule has 3 rings (SSSR count). The first-order valence-electron chi connectivity index (χ1n) is 6.90. The molecule has 2 aromatic rings. The lowest BCUT2D eigenvalue weighted by Gasteiger charge is -2.18. The molecule has 1 aliphatic rings. The van der Waals surface area contributed by atoms with Gasteiger partial charge in [-0.15, -0.1) is 0 Å². The summed E-state index contributed by atoms with van der Waals surface area (Å²) in [5.74, 6) is 1.09. The van der Waals surface area contributed by atoms with E-state index in [0.717, 1.165) is 34.8 Å². The third-order valence-corrected chi connectivity index (χ3v) is 3.67. The van der Waals surface area contributed by atoms with Gasteiger partial charge in [0, 0.05) is 17.8 Å². The molecule has 0 saturated heterocycles. The van der Waals surface area contributed by atoms with E-state index in [1.165, 1.54) is 0 Å². The molecule has 0 amide bonds. The van der Waals surface area contributed by atoms with Crippen molar-refractivity contribution in [1.29, 1.82) is 0 Å². The summed E-state index contributed by atoms with van der Waals surface area (Å²) in [4.78, 5) is 21.1. The van der Waals surface area contributed by atoms with E-state index in [4.69, 9.17) is 0 Å². The lowest BCUT2D eigenvalue weighted by molar-refractivity contribution is 0.0952. The quantitative estimate of drug-likeness (QED) is 0.798. The molecule has 0 N–H and O–H groups in total. The largest absolute Gasteiger partial charge is 0.294 e. The van der Waals surface area contributed by atoms with Crippen molar-refractivity contribution in [1.82, 2.24) is 19.7 Å². The van der Waals surface area contributed by atoms with Crippen molar-refractivity contribution in [3.05, 3.63) is 34.4 Å². The van der Waals surface area contributed by atoms with E-state index in [1.807, 2.05) is 26.8 Å². The van der Waals surface area contributed by atoms with Crippen LogP contribution in [0.15, 0.2) is 6.07 Å². The Hall–Kier alpha value is -2.04. The highest BCUT2D eigenvalue weighted by atomic mass is 16.1. The molecule has 2 aromatic heterocycles. The second kappa shape index (κ2) is 4.51. The van der Waals surface area contributed by atoms with Crippen LogP contribution in [0.25, 0.3) is 5.95 Å². The van der Waals surface area contributed by atoms with Crippen LogP contribution in [0, 0.1) is 26.7 Å². The Labute approximate surface area is 118 Å². The molecule has 20 heavy (non-hydrogen) atoms. The van der Waals surface area contributed by atoms with E-state index in [1.54, 1.807) is 4.68 Å². The fraction of sp³-hybridized carbons (Fsp3) is 0.467. The Balaban J connectivity index is 2.20. The van der Waals surface area contributed by atoms with Crippen LogP contribution in [0.5, 0.6) is 0 Å². The minimum atomic E-state index is 0.187. The third kappa shape index (κ3) is 2.03. The topological polar surface area (TPSA) is 60.7 Å². The van der Waals surface area contributed by atoms with Gasteiger partial charge in [0.15, 0.2) is 5.78 Å². The van der Waals surface area contributed by atoms with Crippen molar-refractivity contribution in [3.63, 3.8) is 0 Å². The molecule has 0 bridgehead atoms. The van der Waals surface area contributed by atoms with E-state index in [-0.39, 0.29) is 5.78 Å². The second-order valence-electron chi connectivity index (χ2n) is 5.71. The minimum absolute atomic E-state index is 0.187. The zero-order valence-electron chi connectivity index (χ0n) is 12.3. The Morgan fingerprint density at radius 3 is 2.45 bits per heavy atom. The minimum Gasteiger partial charge on any atom is -0.294 e. The summed E-state index contributed by atoms with van der Waals surface area (Å²) < 4.78 is 1.75. The second-order valence-corrected chi connectivity index (χ2v) is 5.71. The van der Waals surface area contributed by atoms with Gasteiger partial charge in [0.05, 0.1) is 17.0 Å². The molecule has 1 aliphatic carbocycles. The first-order valence-corrected chi connectivity index (χ1v) is 6.90. The van der Waals surface area contributed by atoms with Crippen LogP contribution < -0.4 is 0 Å². The molecule has 0 unspecified atom stereocenters. The van der Waals surface area contributed by atoms with Gasteiger partial charge < -0.3 is 0 Å². The summed E-state index contributed by atoms with van der Waals surface area (Å²) in [5.41, 5.74) is 4.32. The fourth-order valence-electron chi connectivity index (χ4n) is 2.91. The predicted molar refractivity (Wildman–Crippen MR) is 75.2 cm³/mol. The molecule has 0 radical (unpaired) electrons. The number of aromatic nitrogens is 4. The van der Waals surface area contributed by atoms with Crippen LogP contribution in [0.4, 0.5) is 0 Å². The standard InChI is InChI=1S/C15H18N4O/c1-8-5-12-14(13(20)6-8)11(4)18-19(12)15-16-9(2)7-10(3)17-15/h7-8H,5-6H2,1-4H3/t8-/m1/s1. The number of hydrogen-bond acceptors (Lipinski definition) is 4. The number of carbonyl (C=O) groups is 1. The average Bonchev–Trinajstić information content (AvgIpc) is 2.65. The van der Waals surface area contributed by atoms with Crippen molar-refractivity contribution in [3.8, 4) is 5.95 Å². The number of rotatable bonds is 1. The molecule has 0 saturated carbocycles. The summed E-state index contributed by atoms with van der Waals surface area (Å²) in [6.45, 7) is 7.85. The molecule has 104 valence electrons. The number of carbonyl (C=O) groups excluding carboxylic acids is 1. The molecule has 5 heteroatoms. The lowest BCUT2D eigenvalue weighted by Crippen LogP contribution is -2.20. The molecule has 0 spiro atoms. The van der Waals surface area contributed by atoms with Crippen LogP contribution >= 0.6 is 0 Å². The lowest BCUT2D eigenvalue weighted by atomic mass is 9.87. The first-order chi connectivity index (χ1) is 9.45. The molecule has 0 aliphatic heterocycles. The van der Waals surface area contributed by atoms with Crippen LogP contribution in [0.1, 0.15) is 46.5 Å². The third-order valence-electron chi connectivity index (χ3n) is 3.67. The zero-order chi connectivity index (χ0) is 14.4. The molecule has 2 heterocycles. The van der Waals surface area contributed by atoms with E-state index in [2.05, 4.69) is 22.0 Å². The van der Waals surface area contributed by atoms with Crippen LogP contribution in [0.2, 0.25) is 0 Å². The molecule has 0 aromatic carbocycles. The van der Waals surface area contributed by atoms with Crippen molar-refractivity contribution in [2.45, 2.75) is 40.5 Å². The molecular formula is C15H18N4O. The number of aryl methyl sites for hydroxylation is 3. The summed E-state index contributed by atoms with van der Waals surface area (Å²) in [5, 5.41) is 4.50. The van der Waals surface area contributed by atoms with Crippen molar-refractivity contribution in [2.24, 2.45) is 5.92 Å². The van der Waals surface area contributed by atoms with Crippen molar-refractivity contribution >= 4 is 5.78 Å². The molecule has 0 fully saturated rings. The highest BCUT2D eigenvalue weighted by Crippen LogP contribution is 2.28. The van der Waals surface area contributed by atoms with E-state index < -0.39 is 0 Å². The summed E-state index contributed by atoms with van der Waals surface area (Å²) in [6, 6.07) is 1.93. The fourth-order valence-corrected chi connectivity index (χ4v) is 2.91. The number of ketones is 1. The average molecular weight is 270 g/mol. The Morgan fingerprint density at radius 2 is 1.80 bits per heavy atom. The first kappa shape index (κ1) is 13.0. The SMILES string of the molecule is Cc1cc(C)nc(-n2nc(C)c3c2C[C@@H](C)CC3=O)n1. The number of fused-ring (bicyclic) bond motifs is 1. The van der Waals surface area contributed by atoms with Gasteiger partial charge in [0.2, 0.25) is 0 Å². The van der Waals surface area contributed by atoms with Gasteiger partial charge in [-0.3, -0.25) is 4.79 Å². The highest BCUT2D eigenvalue weighted by Gasteiger charge is 2.29. The van der Waals surface area contributed by atoms with E-state index in [9.17, 15) is 4.79 Å². The van der Waals surface area contributed by atoms with Gasteiger partial charge in [0.25, 0.3) is 5.95 Å².